The molecule has 162 valence electrons. The second-order valence-corrected chi connectivity index (χ2v) is 7.26. The van der Waals surface area contributed by atoms with E-state index in [0.717, 1.165) is 11.1 Å². The monoisotopic (exact) mass is 432 g/mol. The number of anilines is 1. The zero-order valence-electron chi connectivity index (χ0n) is 17.5. The third kappa shape index (κ3) is 3.76. The van der Waals surface area contributed by atoms with Gasteiger partial charge in [0.25, 0.3) is 5.89 Å². The number of hydrogen-bond donors (Lipinski definition) is 1. The van der Waals surface area contributed by atoms with Crippen molar-refractivity contribution in [1.29, 1.82) is 0 Å². The van der Waals surface area contributed by atoms with Gasteiger partial charge in [0.05, 0.1) is 12.8 Å². The van der Waals surface area contributed by atoms with Crippen LogP contribution in [0, 0.1) is 6.92 Å². The number of rotatable bonds is 6. The fourth-order valence-electron chi connectivity index (χ4n) is 3.49. The van der Waals surface area contributed by atoms with E-state index >= 15 is 0 Å². The number of carbonyl (C=O) groups excluding carboxylic acids is 1. The number of hydrogen-bond acceptors (Lipinski definition) is 7. The maximum atomic E-state index is 12.7. The fraction of sp³-hybridized carbons (Fsp3) is 0.174. The summed E-state index contributed by atoms with van der Waals surface area (Å²) in [7, 11) is 1.57. The molecule has 0 radical (unpaired) electrons. The Morgan fingerprint density at radius 1 is 1.16 bits per heavy atom. The van der Waals surface area contributed by atoms with Crippen molar-refractivity contribution in [3.63, 3.8) is 0 Å². The first-order chi connectivity index (χ1) is 15.6. The lowest BCUT2D eigenvalue weighted by Gasteiger charge is -2.12. The zero-order chi connectivity index (χ0) is 22.1. The molecule has 0 atom stereocenters. The number of amides is 1. The number of fused-ring (bicyclic) bond motifs is 1. The average Bonchev–Trinajstić information content (AvgIpc) is 3.53. The van der Waals surface area contributed by atoms with E-state index in [0.29, 0.717) is 40.3 Å². The summed E-state index contributed by atoms with van der Waals surface area (Å²) in [6.45, 7) is 2.22. The Bertz CT molecular complexity index is 1290. The summed E-state index contributed by atoms with van der Waals surface area (Å²) in [5.41, 5.74) is 3.02. The second-order valence-electron chi connectivity index (χ2n) is 7.26. The van der Waals surface area contributed by atoms with Crippen molar-refractivity contribution in [2.45, 2.75) is 13.5 Å². The normalized spacial score (nSPS) is 12.1. The highest BCUT2D eigenvalue weighted by molar-refractivity contribution is 5.92. The molecule has 9 heteroatoms. The molecule has 0 unspecified atom stereocenters. The highest BCUT2D eigenvalue weighted by atomic mass is 16.7. The van der Waals surface area contributed by atoms with Gasteiger partial charge in [-0.25, -0.2) is 0 Å². The summed E-state index contributed by atoms with van der Waals surface area (Å²) in [5.74, 6) is 2.44. The molecule has 1 aliphatic heterocycles. The van der Waals surface area contributed by atoms with Crippen molar-refractivity contribution in [2.75, 3.05) is 19.2 Å². The first kappa shape index (κ1) is 19.7. The number of benzene rings is 2. The Labute approximate surface area is 183 Å². The van der Waals surface area contributed by atoms with Gasteiger partial charge in [-0.1, -0.05) is 11.2 Å². The van der Waals surface area contributed by atoms with E-state index in [2.05, 4.69) is 15.5 Å². The molecule has 3 heterocycles. The molecule has 0 spiro atoms. The van der Waals surface area contributed by atoms with Crippen molar-refractivity contribution < 1.29 is 23.5 Å². The van der Waals surface area contributed by atoms with E-state index in [-0.39, 0.29) is 19.2 Å². The SMILES string of the molecule is COc1ccc(C)cc1NC(=O)Cn1cccc1-c1nc(-c2ccc3c(c2)OCO3)no1. The number of nitrogens with zero attached hydrogens (tertiary/aromatic N) is 3. The van der Waals surface area contributed by atoms with Gasteiger partial charge in [-0.05, 0) is 55.0 Å². The Kier molecular flexibility index (Phi) is 4.98. The van der Waals surface area contributed by atoms with E-state index in [1.807, 2.05) is 43.3 Å². The predicted octanol–water partition coefficient (Wildman–Crippen LogP) is 3.89. The summed E-state index contributed by atoms with van der Waals surface area (Å²) >= 11 is 0. The Hall–Kier alpha value is -4.27. The minimum absolute atomic E-state index is 0.0706. The smallest absolute Gasteiger partial charge is 0.274 e. The van der Waals surface area contributed by atoms with Crippen LogP contribution in [0.3, 0.4) is 0 Å². The largest absolute Gasteiger partial charge is 0.495 e. The van der Waals surface area contributed by atoms with Gasteiger partial charge in [0.2, 0.25) is 18.5 Å². The molecule has 32 heavy (non-hydrogen) atoms. The zero-order valence-corrected chi connectivity index (χ0v) is 17.5. The Balaban J connectivity index is 1.34. The third-order valence-corrected chi connectivity index (χ3v) is 5.05. The molecule has 4 aromatic rings. The van der Waals surface area contributed by atoms with Crippen LogP contribution in [-0.4, -0.2) is 34.5 Å². The van der Waals surface area contributed by atoms with Crippen molar-refractivity contribution in [3.8, 4) is 40.2 Å². The summed E-state index contributed by atoms with van der Waals surface area (Å²) < 4.78 is 23.3. The molecule has 5 rings (SSSR count). The van der Waals surface area contributed by atoms with E-state index in [1.54, 1.807) is 30.0 Å². The van der Waals surface area contributed by atoms with Gasteiger partial charge in [-0.2, -0.15) is 4.98 Å². The number of carbonyl (C=O) groups is 1. The molecule has 0 saturated carbocycles. The highest BCUT2D eigenvalue weighted by Crippen LogP contribution is 2.35. The average molecular weight is 432 g/mol. The first-order valence-corrected chi connectivity index (χ1v) is 9.94. The molecule has 2 aromatic heterocycles. The molecule has 0 bridgehead atoms. The van der Waals surface area contributed by atoms with Crippen LogP contribution >= 0.6 is 0 Å². The van der Waals surface area contributed by atoms with Crippen molar-refractivity contribution in [3.05, 3.63) is 60.3 Å². The Morgan fingerprint density at radius 2 is 2.03 bits per heavy atom. The summed E-state index contributed by atoms with van der Waals surface area (Å²) in [4.78, 5) is 17.2. The van der Waals surface area contributed by atoms with E-state index < -0.39 is 0 Å². The molecule has 1 N–H and O–H groups in total. The molecule has 9 nitrogen and oxygen atoms in total. The van der Waals surface area contributed by atoms with Crippen LogP contribution in [0.5, 0.6) is 17.2 Å². The minimum atomic E-state index is -0.207. The number of ether oxygens (including phenoxy) is 3. The third-order valence-electron chi connectivity index (χ3n) is 5.05. The molecular formula is C23H20N4O5. The van der Waals surface area contributed by atoms with Crippen LogP contribution < -0.4 is 19.5 Å². The van der Waals surface area contributed by atoms with Crippen molar-refractivity contribution >= 4 is 11.6 Å². The van der Waals surface area contributed by atoms with Gasteiger partial charge < -0.3 is 28.6 Å². The molecule has 0 aliphatic carbocycles. The van der Waals surface area contributed by atoms with Crippen molar-refractivity contribution in [1.82, 2.24) is 14.7 Å². The first-order valence-electron chi connectivity index (χ1n) is 9.94. The summed E-state index contributed by atoms with van der Waals surface area (Å²) in [6, 6.07) is 14.7. The van der Waals surface area contributed by atoms with E-state index in [4.69, 9.17) is 18.7 Å². The number of nitrogens with one attached hydrogen (secondary N) is 1. The lowest BCUT2D eigenvalue weighted by molar-refractivity contribution is -0.116. The molecule has 2 aromatic carbocycles. The molecule has 0 saturated heterocycles. The minimum Gasteiger partial charge on any atom is -0.495 e. The lowest BCUT2D eigenvalue weighted by Crippen LogP contribution is -2.19. The van der Waals surface area contributed by atoms with Crippen LogP contribution in [-0.2, 0) is 11.3 Å². The molecule has 1 amide bonds. The second kappa shape index (κ2) is 8.10. The maximum absolute atomic E-state index is 12.7. The van der Waals surface area contributed by atoms with E-state index in [9.17, 15) is 4.79 Å². The predicted molar refractivity (Wildman–Crippen MR) is 116 cm³/mol. The van der Waals surface area contributed by atoms with Crippen LogP contribution in [0.1, 0.15) is 5.56 Å². The fourth-order valence-corrected chi connectivity index (χ4v) is 3.49. The molecule has 0 fully saturated rings. The summed E-state index contributed by atoms with van der Waals surface area (Å²) in [6.07, 6.45) is 1.78. The number of methoxy groups -OCH3 is 1. The van der Waals surface area contributed by atoms with Crippen LogP contribution in [0.2, 0.25) is 0 Å². The van der Waals surface area contributed by atoms with Gasteiger partial charge in [0.1, 0.15) is 18.0 Å². The van der Waals surface area contributed by atoms with Crippen LogP contribution in [0.15, 0.2) is 59.3 Å². The number of aromatic nitrogens is 3. The van der Waals surface area contributed by atoms with E-state index in [1.165, 1.54) is 0 Å². The Morgan fingerprint density at radius 3 is 2.91 bits per heavy atom. The topological polar surface area (TPSA) is 101 Å². The van der Waals surface area contributed by atoms with Crippen molar-refractivity contribution in [2.24, 2.45) is 0 Å². The highest BCUT2D eigenvalue weighted by Gasteiger charge is 2.19. The quantitative estimate of drug-likeness (QED) is 0.493. The molecular weight excluding hydrogens is 412 g/mol. The lowest BCUT2D eigenvalue weighted by atomic mass is 10.2. The maximum Gasteiger partial charge on any atom is 0.274 e. The summed E-state index contributed by atoms with van der Waals surface area (Å²) in [5, 5.41) is 6.97. The van der Waals surface area contributed by atoms with Gasteiger partial charge in [0, 0.05) is 11.8 Å². The van der Waals surface area contributed by atoms with Gasteiger partial charge in [0.15, 0.2) is 11.5 Å². The molecule has 1 aliphatic rings. The van der Waals surface area contributed by atoms with Crippen LogP contribution in [0.25, 0.3) is 23.0 Å². The standard InChI is InChI=1S/C23H20N4O5/c1-14-5-7-18(29-2)16(10-14)24-21(28)12-27-9-3-4-17(27)23-25-22(26-32-23)15-6-8-19-20(11-15)31-13-30-19/h3-11H,12-13H2,1-2H3,(H,24,28). The van der Waals surface area contributed by atoms with Gasteiger partial charge in [-0.15, -0.1) is 0 Å². The van der Waals surface area contributed by atoms with Gasteiger partial charge >= 0.3 is 0 Å². The van der Waals surface area contributed by atoms with Gasteiger partial charge in [-0.3, -0.25) is 4.79 Å². The number of aryl methyl sites for hydroxylation is 1. The van der Waals surface area contributed by atoms with Crippen LogP contribution in [0.4, 0.5) is 5.69 Å².